The van der Waals surface area contributed by atoms with Gasteiger partial charge in [-0.15, -0.1) is 0 Å². The van der Waals surface area contributed by atoms with Crippen molar-refractivity contribution in [2.75, 3.05) is 18.5 Å². The minimum absolute atomic E-state index is 0.886. The van der Waals surface area contributed by atoms with Gasteiger partial charge in [0.2, 0.25) is 0 Å². The number of hydrogen-bond acceptors (Lipinski definition) is 2. The zero-order valence-corrected chi connectivity index (χ0v) is 13.1. The Bertz CT molecular complexity index is 503. The highest BCUT2D eigenvalue weighted by Gasteiger charge is 2.07. The van der Waals surface area contributed by atoms with Gasteiger partial charge in [-0.3, -0.25) is 0 Å². The Balaban J connectivity index is 0.000000138. The van der Waals surface area contributed by atoms with Gasteiger partial charge >= 0.3 is 0 Å². The third-order valence-corrected chi connectivity index (χ3v) is 3.55. The van der Waals surface area contributed by atoms with Crippen molar-refractivity contribution < 1.29 is 4.74 Å². The summed E-state index contributed by atoms with van der Waals surface area (Å²) >= 11 is 0. The van der Waals surface area contributed by atoms with Gasteiger partial charge in [-0.1, -0.05) is 50.2 Å². The molecule has 21 heavy (non-hydrogen) atoms. The van der Waals surface area contributed by atoms with E-state index < -0.39 is 0 Å². The monoisotopic (exact) mass is 283 g/mol. The third-order valence-electron chi connectivity index (χ3n) is 3.55. The second-order valence-corrected chi connectivity index (χ2v) is 4.89. The van der Waals surface area contributed by atoms with Crippen LogP contribution in [0.1, 0.15) is 31.4 Å². The molecule has 2 nitrogen and oxygen atoms in total. The lowest BCUT2D eigenvalue weighted by Crippen LogP contribution is -2.07. The first-order chi connectivity index (χ1) is 10.4. The summed E-state index contributed by atoms with van der Waals surface area (Å²) in [5.74, 6) is 1.08. The topological polar surface area (TPSA) is 21.3 Å². The molecule has 0 saturated carbocycles. The van der Waals surface area contributed by atoms with Gasteiger partial charge in [-0.2, -0.15) is 0 Å². The molecule has 0 radical (unpaired) electrons. The van der Waals surface area contributed by atoms with Crippen LogP contribution < -0.4 is 10.1 Å². The fraction of sp³-hybridized carbons (Fsp3) is 0.368. The molecule has 0 aliphatic carbocycles. The van der Waals surface area contributed by atoms with E-state index in [0.717, 1.165) is 25.3 Å². The largest absolute Gasteiger partial charge is 0.493 e. The molecule has 112 valence electrons. The van der Waals surface area contributed by atoms with Crippen LogP contribution >= 0.6 is 0 Å². The van der Waals surface area contributed by atoms with Gasteiger partial charge in [0, 0.05) is 12.2 Å². The summed E-state index contributed by atoms with van der Waals surface area (Å²) in [6.45, 7) is 6.00. The standard InChI is InChI=1S/C9H10O.C8H9N.C2H6/c1-2-6-9-8(4-1)5-3-7-10-9;1-2-4-8-7(3-1)5-6-9-8;1-2/h1-2,4,6H,3,5,7H2;1-4,9H,5-6H2;1-2H3. The smallest absolute Gasteiger partial charge is 0.122 e. The van der Waals surface area contributed by atoms with E-state index in [1.54, 1.807) is 0 Å². The Morgan fingerprint density at radius 3 is 2.33 bits per heavy atom. The maximum atomic E-state index is 5.42. The molecule has 2 heterocycles. The van der Waals surface area contributed by atoms with E-state index in [1.807, 2.05) is 26.0 Å². The predicted molar refractivity (Wildman–Crippen MR) is 90.2 cm³/mol. The van der Waals surface area contributed by atoms with Crippen LogP contribution in [0.15, 0.2) is 48.5 Å². The van der Waals surface area contributed by atoms with Crippen molar-refractivity contribution in [2.24, 2.45) is 0 Å². The lowest BCUT2D eigenvalue weighted by Gasteiger charge is -2.15. The summed E-state index contributed by atoms with van der Waals surface area (Å²) < 4.78 is 5.42. The number of aryl methyl sites for hydroxylation is 1. The molecule has 0 aromatic heterocycles. The van der Waals surface area contributed by atoms with Crippen LogP contribution in [-0.2, 0) is 12.8 Å². The molecule has 4 rings (SSSR count). The first-order valence-electron chi connectivity index (χ1n) is 7.96. The summed E-state index contributed by atoms with van der Waals surface area (Å²) in [4.78, 5) is 0. The highest BCUT2D eigenvalue weighted by atomic mass is 16.5. The highest BCUT2D eigenvalue weighted by molar-refractivity contribution is 5.54. The van der Waals surface area contributed by atoms with Crippen molar-refractivity contribution in [3.63, 3.8) is 0 Å². The molecule has 0 amide bonds. The van der Waals surface area contributed by atoms with E-state index in [-0.39, 0.29) is 0 Å². The number of nitrogens with one attached hydrogen (secondary N) is 1. The number of ether oxygens (including phenoxy) is 1. The van der Waals surface area contributed by atoms with E-state index >= 15 is 0 Å². The molecular formula is C19H25NO. The maximum absolute atomic E-state index is 5.42. The Morgan fingerprint density at radius 1 is 0.857 bits per heavy atom. The molecule has 0 atom stereocenters. The van der Waals surface area contributed by atoms with Crippen molar-refractivity contribution in [3.8, 4) is 5.75 Å². The summed E-state index contributed by atoms with van der Waals surface area (Å²) in [5.41, 5.74) is 4.13. The molecule has 0 bridgehead atoms. The van der Waals surface area contributed by atoms with Gasteiger partial charge in [0.05, 0.1) is 6.61 Å². The molecule has 0 fully saturated rings. The van der Waals surface area contributed by atoms with Crippen molar-refractivity contribution in [2.45, 2.75) is 33.1 Å². The van der Waals surface area contributed by atoms with Gasteiger partial charge in [-0.05, 0) is 42.5 Å². The van der Waals surface area contributed by atoms with Crippen molar-refractivity contribution >= 4 is 5.69 Å². The van der Waals surface area contributed by atoms with Gasteiger partial charge < -0.3 is 10.1 Å². The van der Waals surface area contributed by atoms with Crippen molar-refractivity contribution in [1.82, 2.24) is 0 Å². The average Bonchev–Trinajstić information content (AvgIpc) is 3.06. The van der Waals surface area contributed by atoms with E-state index in [9.17, 15) is 0 Å². The van der Waals surface area contributed by atoms with Gasteiger partial charge in [0.1, 0.15) is 5.75 Å². The molecule has 0 saturated heterocycles. The van der Waals surface area contributed by atoms with Gasteiger partial charge in [0.25, 0.3) is 0 Å². The summed E-state index contributed by atoms with van der Waals surface area (Å²) in [6.07, 6.45) is 3.53. The fourth-order valence-electron chi connectivity index (χ4n) is 2.54. The minimum Gasteiger partial charge on any atom is -0.493 e. The number of hydrogen-bond donors (Lipinski definition) is 1. The van der Waals surface area contributed by atoms with Crippen molar-refractivity contribution in [3.05, 3.63) is 59.7 Å². The normalized spacial score (nSPS) is 14.0. The lowest BCUT2D eigenvalue weighted by molar-refractivity contribution is 0.288. The molecule has 2 aliphatic heterocycles. The molecule has 2 aliphatic rings. The fourth-order valence-corrected chi connectivity index (χ4v) is 2.54. The first-order valence-corrected chi connectivity index (χ1v) is 7.96. The highest BCUT2D eigenvalue weighted by Crippen LogP contribution is 2.23. The Kier molecular flexibility index (Phi) is 6.14. The summed E-state index contributed by atoms with van der Waals surface area (Å²) in [5, 5.41) is 3.30. The SMILES string of the molecule is CC.c1ccc2c(c1)CCCO2.c1ccc2c(c1)CCN2. The lowest BCUT2D eigenvalue weighted by atomic mass is 10.1. The molecule has 2 aromatic rings. The van der Waals surface area contributed by atoms with Crippen LogP contribution in [0.4, 0.5) is 5.69 Å². The quantitative estimate of drug-likeness (QED) is 0.757. The molecular weight excluding hydrogens is 258 g/mol. The number of benzene rings is 2. The van der Waals surface area contributed by atoms with Crippen LogP contribution in [-0.4, -0.2) is 13.2 Å². The Morgan fingerprint density at radius 2 is 1.57 bits per heavy atom. The second-order valence-electron chi connectivity index (χ2n) is 4.89. The average molecular weight is 283 g/mol. The minimum atomic E-state index is 0.886. The van der Waals surface area contributed by atoms with E-state index in [1.165, 1.54) is 29.7 Å². The number of anilines is 1. The zero-order chi connectivity index (χ0) is 14.9. The van der Waals surface area contributed by atoms with E-state index in [4.69, 9.17) is 4.74 Å². The predicted octanol–water partition coefficient (Wildman–Crippen LogP) is 4.69. The molecule has 2 heteroatoms. The third kappa shape index (κ3) is 4.25. The van der Waals surface area contributed by atoms with Gasteiger partial charge in [-0.25, -0.2) is 0 Å². The second kappa shape index (κ2) is 8.35. The molecule has 0 unspecified atom stereocenters. The number of para-hydroxylation sites is 2. The van der Waals surface area contributed by atoms with Gasteiger partial charge in [0.15, 0.2) is 0 Å². The first kappa shape index (κ1) is 15.4. The van der Waals surface area contributed by atoms with Crippen LogP contribution in [0, 0.1) is 0 Å². The molecule has 0 spiro atoms. The van der Waals surface area contributed by atoms with Crippen molar-refractivity contribution in [1.29, 1.82) is 0 Å². The number of fused-ring (bicyclic) bond motifs is 2. The van der Waals surface area contributed by atoms with E-state index in [2.05, 4.69) is 41.7 Å². The van der Waals surface area contributed by atoms with Crippen LogP contribution in [0.3, 0.4) is 0 Å². The molecule has 1 N–H and O–H groups in total. The number of rotatable bonds is 0. The summed E-state index contributed by atoms with van der Waals surface area (Å²) in [6, 6.07) is 16.7. The van der Waals surface area contributed by atoms with Crippen LogP contribution in [0.2, 0.25) is 0 Å². The Hall–Kier alpha value is -1.96. The molecule has 2 aromatic carbocycles. The summed E-state index contributed by atoms with van der Waals surface area (Å²) in [7, 11) is 0. The Labute approximate surface area is 128 Å². The zero-order valence-electron chi connectivity index (χ0n) is 13.1. The maximum Gasteiger partial charge on any atom is 0.122 e. The van der Waals surface area contributed by atoms with Crippen LogP contribution in [0.5, 0.6) is 5.75 Å². The van der Waals surface area contributed by atoms with E-state index in [0.29, 0.717) is 0 Å². The van der Waals surface area contributed by atoms with Crippen LogP contribution in [0.25, 0.3) is 0 Å².